The van der Waals surface area contributed by atoms with Gasteiger partial charge < -0.3 is 15.0 Å². The van der Waals surface area contributed by atoms with E-state index in [0.717, 1.165) is 5.56 Å². The molecule has 2 aromatic rings. The number of nitrogens with one attached hydrogen (secondary N) is 1. The van der Waals surface area contributed by atoms with Crippen molar-refractivity contribution in [1.82, 2.24) is 4.90 Å². The van der Waals surface area contributed by atoms with E-state index in [1.54, 1.807) is 29.2 Å². The van der Waals surface area contributed by atoms with Crippen molar-refractivity contribution in [2.45, 2.75) is 26.3 Å². The first-order chi connectivity index (χ1) is 12.9. The first-order valence-electron chi connectivity index (χ1n) is 8.73. The molecule has 2 rings (SSSR count). The lowest BCUT2D eigenvalue weighted by Gasteiger charge is -2.28. The molecule has 142 valence electrons. The molecule has 1 N–H and O–H groups in total. The Morgan fingerprint density at radius 1 is 1.04 bits per heavy atom. The summed E-state index contributed by atoms with van der Waals surface area (Å²) in [5, 5.41) is 2.72. The molecule has 1 unspecified atom stereocenters. The minimum absolute atomic E-state index is 0.103. The van der Waals surface area contributed by atoms with E-state index in [1.807, 2.05) is 37.3 Å². The minimum Gasteiger partial charge on any atom is -0.465 e. The van der Waals surface area contributed by atoms with Crippen LogP contribution in [0.5, 0.6) is 0 Å². The number of anilines is 1. The Kier molecular flexibility index (Phi) is 7.11. The number of methoxy groups -OCH3 is 1. The average Bonchev–Trinajstić information content (AvgIpc) is 2.68. The summed E-state index contributed by atoms with van der Waals surface area (Å²) in [7, 11) is 1.29. The Balaban J connectivity index is 2.03. The van der Waals surface area contributed by atoms with Crippen LogP contribution in [0.1, 0.15) is 42.2 Å². The number of nitrogens with zero attached hydrogens (tertiary/aromatic N) is 1. The molecule has 0 saturated heterocycles. The molecule has 0 heterocycles. The number of hydrogen-bond acceptors (Lipinski definition) is 4. The number of ether oxygens (including phenoxy) is 1. The Morgan fingerprint density at radius 3 is 2.30 bits per heavy atom. The predicted molar refractivity (Wildman–Crippen MR) is 103 cm³/mol. The van der Waals surface area contributed by atoms with Crippen LogP contribution in [0.3, 0.4) is 0 Å². The zero-order valence-corrected chi connectivity index (χ0v) is 15.8. The van der Waals surface area contributed by atoms with Crippen LogP contribution in [-0.4, -0.2) is 36.3 Å². The molecule has 6 heteroatoms. The lowest BCUT2D eigenvalue weighted by molar-refractivity contribution is -0.131. The number of hydrogen-bond donors (Lipinski definition) is 1. The quantitative estimate of drug-likeness (QED) is 0.760. The third-order valence-electron chi connectivity index (χ3n) is 4.34. The average molecular weight is 368 g/mol. The molecule has 2 amide bonds. The van der Waals surface area contributed by atoms with Crippen LogP contribution in [-0.2, 0) is 14.3 Å². The first-order valence-corrected chi connectivity index (χ1v) is 8.73. The van der Waals surface area contributed by atoms with Crippen LogP contribution < -0.4 is 5.32 Å². The predicted octanol–water partition coefficient (Wildman–Crippen LogP) is 3.41. The molecule has 0 fully saturated rings. The molecule has 0 aliphatic heterocycles. The molecule has 27 heavy (non-hydrogen) atoms. The third-order valence-corrected chi connectivity index (χ3v) is 4.34. The maximum atomic E-state index is 12.4. The lowest BCUT2D eigenvalue weighted by Crippen LogP contribution is -2.34. The van der Waals surface area contributed by atoms with Crippen molar-refractivity contribution in [3.63, 3.8) is 0 Å². The number of carbonyl (C=O) groups is 3. The third kappa shape index (κ3) is 5.41. The largest absolute Gasteiger partial charge is 0.465 e. The molecule has 0 aromatic heterocycles. The van der Waals surface area contributed by atoms with Gasteiger partial charge in [0.2, 0.25) is 11.8 Å². The number of amides is 2. The summed E-state index contributed by atoms with van der Waals surface area (Å²) in [6.07, 6.45) is 0.117. The van der Waals surface area contributed by atoms with Crippen LogP contribution in [0.4, 0.5) is 5.69 Å². The second-order valence-electron chi connectivity index (χ2n) is 6.13. The zero-order chi connectivity index (χ0) is 19.8. The second kappa shape index (κ2) is 9.52. The van der Waals surface area contributed by atoms with E-state index >= 15 is 0 Å². The fourth-order valence-electron chi connectivity index (χ4n) is 2.85. The van der Waals surface area contributed by atoms with Crippen molar-refractivity contribution in [1.29, 1.82) is 0 Å². The smallest absolute Gasteiger partial charge is 0.339 e. The number of benzene rings is 2. The van der Waals surface area contributed by atoms with Gasteiger partial charge in [0.05, 0.1) is 24.4 Å². The van der Waals surface area contributed by atoms with Gasteiger partial charge in [-0.25, -0.2) is 4.79 Å². The van der Waals surface area contributed by atoms with E-state index < -0.39 is 5.97 Å². The molecule has 0 aliphatic rings. The van der Waals surface area contributed by atoms with Crippen LogP contribution in [0.2, 0.25) is 0 Å². The standard InChI is InChI=1S/C21H24N2O4/c1-15(17-9-5-4-6-10-17)23(16(2)24)14-13-20(25)22-19-12-8-7-11-18(19)21(26)27-3/h4-12,15H,13-14H2,1-3H3,(H,22,25). The zero-order valence-electron chi connectivity index (χ0n) is 15.8. The van der Waals surface area contributed by atoms with Crippen LogP contribution in [0.25, 0.3) is 0 Å². The first kappa shape index (κ1) is 20.2. The summed E-state index contributed by atoms with van der Waals surface area (Å²) in [5.41, 5.74) is 1.68. The van der Waals surface area contributed by atoms with Gasteiger partial charge in [0.25, 0.3) is 0 Å². The molecule has 0 saturated carbocycles. The molecule has 1 atom stereocenters. The van der Waals surface area contributed by atoms with Crippen molar-refractivity contribution in [3.8, 4) is 0 Å². The molecule has 0 spiro atoms. The van der Waals surface area contributed by atoms with E-state index in [4.69, 9.17) is 4.74 Å². The summed E-state index contributed by atoms with van der Waals surface area (Å²) in [4.78, 5) is 37.9. The van der Waals surface area contributed by atoms with Gasteiger partial charge in [-0.3, -0.25) is 9.59 Å². The van der Waals surface area contributed by atoms with Gasteiger partial charge in [0.1, 0.15) is 0 Å². The highest BCUT2D eigenvalue weighted by molar-refractivity contribution is 6.01. The number of para-hydroxylation sites is 1. The van der Waals surface area contributed by atoms with Crippen LogP contribution >= 0.6 is 0 Å². The lowest BCUT2D eigenvalue weighted by atomic mass is 10.1. The van der Waals surface area contributed by atoms with Gasteiger partial charge in [-0.1, -0.05) is 42.5 Å². The molecule has 2 aromatic carbocycles. The molecule has 0 bridgehead atoms. The Morgan fingerprint density at radius 2 is 1.67 bits per heavy atom. The van der Waals surface area contributed by atoms with E-state index in [1.165, 1.54) is 14.0 Å². The Bertz CT molecular complexity index is 805. The van der Waals surface area contributed by atoms with E-state index in [9.17, 15) is 14.4 Å². The second-order valence-corrected chi connectivity index (χ2v) is 6.13. The molecule has 6 nitrogen and oxygen atoms in total. The van der Waals surface area contributed by atoms with Gasteiger partial charge in [0, 0.05) is 19.9 Å². The van der Waals surface area contributed by atoms with Gasteiger partial charge in [-0.15, -0.1) is 0 Å². The maximum Gasteiger partial charge on any atom is 0.339 e. The molecular weight excluding hydrogens is 344 g/mol. The SMILES string of the molecule is COC(=O)c1ccccc1NC(=O)CCN(C(C)=O)C(C)c1ccccc1. The van der Waals surface area contributed by atoms with Crippen molar-refractivity contribution in [2.75, 3.05) is 19.0 Å². The highest BCUT2D eigenvalue weighted by atomic mass is 16.5. The highest BCUT2D eigenvalue weighted by Crippen LogP contribution is 2.21. The number of rotatable bonds is 7. The van der Waals surface area contributed by atoms with Crippen LogP contribution in [0, 0.1) is 0 Å². The van der Waals surface area contributed by atoms with E-state index in [-0.39, 0.29) is 36.4 Å². The number of carbonyl (C=O) groups excluding carboxylic acids is 3. The molecular formula is C21H24N2O4. The van der Waals surface area contributed by atoms with Gasteiger partial charge in [0.15, 0.2) is 0 Å². The molecule has 0 radical (unpaired) electrons. The van der Waals surface area contributed by atoms with Gasteiger partial charge in [-0.05, 0) is 24.6 Å². The summed E-state index contributed by atoms with van der Waals surface area (Å²) >= 11 is 0. The van der Waals surface area contributed by atoms with Crippen molar-refractivity contribution >= 4 is 23.5 Å². The van der Waals surface area contributed by atoms with Gasteiger partial charge in [-0.2, -0.15) is 0 Å². The summed E-state index contributed by atoms with van der Waals surface area (Å²) < 4.78 is 4.73. The van der Waals surface area contributed by atoms with E-state index in [2.05, 4.69) is 5.32 Å². The summed E-state index contributed by atoms with van der Waals surface area (Å²) in [6.45, 7) is 3.70. The van der Waals surface area contributed by atoms with Crippen molar-refractivity contribution < 1.29 is 19.1 Å². The normalized spacial score (nSPS) is 11.4. The topological polar surface area (TPSA) is 75.7 Å². The minimum atomic E-state index is -0.519. The summed E-state index contributed by atoms with van der Waals surface area (Å²) in [5.74, 6) is -0.902. The van der Waals surface area contributed by atoms with Crippen molar-refractivity contribution in [2.24, 2.45) is 0 Å². The Labute approximate surface area is 159 Å². The fourth-order valence-corrected chi connectivity index (χ4v) is 2.85. The van der Waals surface area contributed by atoms with Gasteiger partial charge >= 0.3 is 5.97 Å². The van der Waals surface area contributed by atoms with Crippen LogP contribution in [0.15, 0.2) is 54.6 Å². The molecule has 0 aliphatic carbocycles. The Hall–Kier alpha value is -3.15. The monoisotopic (exact) mass is 368 g/mol. The van der Waals surface area contributed by atoms with Crippen molar-refractivity contribution in [3.05, 3.63) is 65.7 Å². The highest BCUT2D eigenvalue weighted by Gasteiger charge is 2.20. The van der Waals surface area contributed by atoms with E-state index in [0.29, 0.717) is 5.69 Å². The number of esters is 1. The fraction of sp³-hybridized carbons (Fsp3) is 0.286. The summed E-state index contributed by atoms with van der Waals surface area (Å²) in [6, 6.07) is 16.2. The maximum absolute atomic E-state index is 12.4.